The van der Waals surface area contributed by atoms with Crippen molar-refractivity contribution >= 4 is 74.9 Å². The highest BCUT2D eigenvalue weighted by Gasteiger charge is 2.34. The summed E-state index contributed by atoms with van der Waals surface area (Å²) < 4.78 is 37.0. The van der Waals surface area contributed by atoms with Crippen LogP contribution in [0.4, 0.5) is 0 Å². The Kier molecular flexibility index (Phi) is 49.1. The van der Waals surface area contributed by atoms with Gasteiger partial charge in [0.2, 0.25) is 0 Å². The Morgan fingerprint density at radius 3 is 0.906 bits per heavy atom. The van der Waals surface area contributed by atoms with Gasteiger partial charge in [-0.15, -0.1) is 0 Å². The van der Waals surface area contributed by atoms with E-state index in [-0.39, 0.29) is 116 Å². The molecule has 149 heavy (non-hydrogen) atoms. The summed E-state index contributed by atoms with van der Waals surface area (Å²) in [5.41, 5.74) is 2.49. The molecule has 25 heteroatoms. The summed E-state index contributed by atoms with van der Waals surface area (Å²) in [6, 6.07) is 68.3. The van der Waals surface area contributed by atoms with Gasteiger partial charge >= 0.3 is 41.8 Å². The van der Waals surface area contributed by atoms with Crippen LogP contribution in [0, 0.1) is 51.8 Å². The van der Waals surface area contributed by atoms with Crippen molar-refractivity contribution in [2.45, 2.75) is 270 Å². The van der Waals surface area contributed by atoms with E-state index >= 15 is 0 Å². The molecule has 0 saturated heterocycles. The predicted octanol–water partition coefficient (Wildman–Crippen LogP) is 29.9. The molecule has 0 saturated carbocycles. The number of fused-ring (bicyclic) bond motifs is 2. The van der Waals surface area contributed by atoms with E-state index in [0.717, 1.165) is 53.8 Å². The van der Waals surface area contributed by atoms with Crippen molar-refractivity contribution in [3.05, 3.63) is 276 Å². The van der Waals surface area contributed by atoms with Crippen molar-refractivity contribution in [2.24, 2.45) is 37.9 Å². The van der Waals surface area contributed by atoms with Gasteiger partial charge in [0.05, 0.1) is 49.0 Å². The smallest absolute Gasteiger partial charge is 0.316 e. The number of phenolic OH excluding ortho intramolecular Hbond substituents is 9. The van der Waals surface area contributed by atoms with Crippen LogP contribution in [0.5, 0.6) is 92.0 Å². The van der Waals surface area contributed by atoms with Gasteiger partial charge in [-0.1, -0.05) is 161 Å². The van der Waals surface area contributed by atoms with Crippen molar-refractivity contribution in [2.75, 3.05) is 0 Å². The molecule has 2 atom stereocenters. The number of aryl methyl sites for hydroxylation is 2. The predicted molar refractivity (Wildman–Crippen MR) is 588 cm³/mol. The minimum atomic E-state index is -0.575. The van der Waals surface area contributed by atoms with E-state index in [9.17, 15) is 78.9 Å². The lowest BCUT2D eigenvalue weighted by atomic mass is 9.90. The van der Waals surface area contributed by atoms with Crippen molar-refractivity contribution in [3.8, 4) is 103 Å². The first-order chi connectivity index (χ1) is 69.5. The van der Waals surface area contributed by atoms with Crippen LogP contribution in [0.3, 0.4) is 0 Å². The van der Waals surface area contributed by atoms with E-state index in [1.165, 1.54) is 97.1 Å². The van der Waals surface area contributed by atoms with E-state index in [4.69, 9.17) is 43.4 Å². The topological polar surface area (TPSA) is 400 Å². The highest BCUT2D eigenvalue weighted by atomic mass is 16.6. The maximum Gasteiger partial charge on any atom is 0.316 e. The minimum absolute atomic E-state index is 0.0922. The fourth-order valence-corrected chi connectivity index (χ4v) is 12.1. The standard InChI is InChI=1S/C18H20O3.C16H18O3.2C14H18O4.C14H20O3.C14H16O.2C12H16O3.C10H14O/c1-4-18(2,3)17(20)21-16-11-10-14(19)12-15(16)13-8-6-5-7-9-13;1-4-16(2,3)15(18)19-14-8-6-11-9-13(17)7-5-12(11)10-14;2*1-5-14(3,4)13(17)18-10-6-7-11(9(2)15)12(16)8-10;1-6-14(4,5)13(16)17-11-7-9(2)12(15)10(3)8-11;1-3-10(2)11-4-5-13-9-14(15)7-6-12(13)8-11;1-4-12(2,3)11(14)15-10-7-5-9(13)6-8-10;1-4-12(2,3)11(14)15-10-7-5-6-9(13)8-10;1-3-8(2)9-4-6-10(11)7-5-9/h5-12,19H,4H2,1-3H3;5-10,17H,4H2,1-3H3;2*6-8,16H,5H2,1-4H3;7-8,15H,6H2,1-5H3;4-10,15H,3H2,1-2H3;2*5-8,13H,4H2,1-3H3;4-8,11H,3H2,1-2H3. The van der Waals surface area contributed by atoms with E-state index in [2.05, 4.69) is 45.9 Å². The second kappa shape index (κ2) is 57.9. The average Bonchev–Trinajstić information content (AvgIpc) is 0.815. The largest absolute Gasteiger partial charge is 0.508 e. The monoisotopic (exact) mass is 2050 g/mol. The second-order valence-corrected chi connectivity index (χ2v) is 41.0. The third kappa shape index (κ3) is 40.6. The first-order valence-electron chi connectivity index (χ1n) is 50.3. The number of carbonyl (C=O) groups is 9. The molecular formula is C124H156O25. The zero-order chi connectivity index (χ0) is 113. The van der Waals surface area contributed by atoms with E-state index < -0.39 is 37.9 Å². The molecule has 0 aliphatic heterocycles. The second-order valence-electron chi connectivity index (χ2n) is 41.0. The van der Waals surface area contributed by atoms with Gasteiger partial charge in [0.1, 0.15) is 92.0 Å². The van der Waals surface area contributed by atoms with Gasteiger partial charge in [-0.25, -0.2) is 0 Å². The lowest BCUT2D eigenvalue weighted by molar-refractivity contribution is -0.144. The first kappa shape index (κ1) is 126. The molecule has 2 unspecified atom stereocenters. The van der Waals surface area contributed by atoms with E-state index in [0.29, 0.717) is 94.5 Å². The lowest BCUT2D eigenvalue weighted by Gasteiger charge is -2.21. The number of benzene rings is 12. The third-order valence-corrected chi connectivity index (χ3v) is 26.3. The molecule has 12 aromatic rings. The number of aromatic hydroxyl groups is 9. The number of ether oxygens (including phenoxy) is 7. The zero-order valence-corrected chi connectivity index (χ0v) is 92.2. The molecule has 0 aliphatic carbocycles. The van der Waals surface area contributed by atoms with Gasteiger partial charge in [-0.2, -0.15) is 0 Å². The molecule has 25 nitrogen and oxygen atoms in total. The Balaban J connectivity index is 0.000000350. The van der Waals surface area contributed by atoms with Crippen LogP contribution < -0.4 is 33.2 Å². The summed E-state index contributed by atoms with van der Waals surface area (Å²) in [5.74, 6) is 2.70. The van der Waals surface area contributed by atoms with E-state index in [1.807, 2.05) is 172 Å². The summed E-state index contributed by atoms with van der Waals surface area (Å²) in [5, 5.41) is 88.7. The van der Waals surface area contributed by atoms with Crippen LogP contribution in [-0.2, 0) is 33.6 Å². The summed E-state index contributed by atoms with van der Waals surface area (Å²) in [6.07, 6.45) is 7.20. The van der Waals surface area contributed by atoms with Gasteiger partial charge in [-0.05, 0) is 383 Å². The normalized spacial score (nSPS) is 11.5. The molecular weight excluding hydrogens is 1890 g/mol. The third-order valence-electron chi connectivity index (χ3n) is 26.3. The van der Waals surface area contributed by atoms with Crippen molar-refractivity contribution < 1.29 is 122 Å². The van der Waals surface area contributed by atoms with Gasteiger partial charge in [0.25, 0.3) is 0 Å². The SMILES string of the molecule is CCC(C)(C)C(=O)Oc1cc(C)c(O)c(C)c1.CCC(C)(C)C(=O)Oc1ccc(C(C)=O)c(O)c1.CCC(C)(C)C(=O)Oc1ccc(C(C)=O)c(O)c1.CCC(C)(C)C(=O)Oc1ccc(O)cc1.CCC(C)(C)C(=O)Oc1ccc(O)cc1-c1ccccc1.CCC(C)(C)C(=O)Oc1ccc2cc(O)ccc2c1.CCC(C)(C)C(=O)Oc1cccc(O)c1.CCC(C)c1ccc(O)cc1.CCC(C)c1ccc2cc(O)ccc2c1. The highest BCUT2D eigenvalue weighted by Crippen LogP contribution is 2.39. The Bertz CT molecular complexity index is 6330. The maximum absolute atomic E-state index is 12.2. The number of esters is 7. The molecule has 0 fully saturated rings. The fraction of sp³-hybridized carbons (Fsp3) is 0.379. The van der Waals surface area contributed by atoms with Gasteiger partial charge < -0.3 is 79.1 Å². The van der Waals surface area contributed by atoms with Crippen LogP contribution in [-0.4, -0.2) is 99.3 Å². The molecule has 0 aromatic heterocycles. The molecule has 0 radical (unpaired) electrons. The summed E-state index contributed by atoms with van der Waals surface area (Å²) in [6.45, 7) is 54.3. The molecule has 12 rings (SSSR count). The van der Waals surface area contributed by atoms with Crippen LogP contribution in [0.2, 0.25) is 0 Å². The fourth-order valence-electron chi connectivity index (χ4n) is 12.1. The molecule has 0 spiro atoms. The number of hydrogen-bond acceptors (Lipinski definition) is 25. The number of Topliss-reactive ketones (excluding diaryl/α,β-unsaturated/α-hetero) is 2. The average molecular weight is 2050 g/mol. The molecule has 12 aromatic carbocycles. The van der Waals surface area contributed by atoms with Gasteiger partial charge in [0.15, 0.2) is 11.6 Å². The highest BCUT2D eigenvalue weighted by molar-refractivity contribution is 5.98. The molecule has 9 N–H and O–H groups in total. The molecule has 802 valence electrons. The molecule has 0 aliphatic rings. The number of hydrogen-bond donors (Lipinski definition) is 9. The summed E-state index contributed by atoms with van der Waals surface area (Å²) in [4.78, 5) is 105. The van der Waals surface area contributed by atoms with Crippen LogP contribution in [0.1, 0.15) is 300 Å². The maximum atomic E-state index is 12.2. The Morgan fingerprint density at radius 2 is 0.537 bits per heavy atom. The van der Waals surface area contributed by atoms with Crippen LogP contribution >= 0.6 is 0 Å². The first-order valence-corrected chi connectivity index (χ1v) is 50.3. The Morgan fingerprint density at radius 1 is 0.255 bits per heavy atom. The quantitative estimate of drug-likeness (QED) is 0.0125. The van der Waals surface area contributed by atoms with Crippen LogP contribution in [0.15, 0.2) is 243 Å². The number of phenols is 9. The Hall–Kier alpha value is -15.0. The summed E-state index contributed by atoms with van der Waals surface area (Å²) in [7, 11) is 0. The van der Waals surface area contributed by atoms with E-state index in [1.54, 1.807) is 145 Å². The van der Waals surface area contributed by atoms with Crippen molar-refractivity contribution in [1.29, 1.82) is 0 Å². The van der Waals surface area contributed by atoms with Crippen molar-refractivity contribution in [3.63, 3.8) is 0 Å². The van der Waals surface area contributed by atoms with Crippen LogP contribution in [0.25, 0.3) is 32.7 Å². The lowest BCUT2D eigenvalue weighted by Crippen LogP contribution is -2.28. The minimum Gasteiger partial charge on any atom is -0.508 e. The zero-order valence-electron chi connectivity index (χ0n) is 92.2. The number of carbonyl (C=O) groups excluding carboxylic acids is 9. The van der Waals surface area contributed by atoms with Gasteiger partial charge in [0, 0.05) is 23.8 Å². The molecule has 0 heterocycles. The Labute approximate surface area is 879 Å². The molecule has 0 bridgehead atoms. The molecule has 0 amide bonds. The van der Waals surface area contributed by atoms with Gasteiger partial charge in [-0.3, -0.25) is 43.2 Å². The number of rotatable bonds is 28. The summed E-state index contributed by atoms with van der Waals surface area (Å²) >= 11 is 0. The number of ketones is 2. The van der Waals surface area contributed by atoms with Crippen molar-refractivity contribution in [1.82, 2.24) is 0 Å².